The van der Waals surface area contributed by atoms with Gasteiger partial charge in [0, 0.05) is 48.0 Å². The maximum absolute atomic E-state index is 11.9. The number of nitro benzene ring substituents is 1. The van der Waals surface area contributed by atoms with E-state index in [1.807, 2.05) is 35.2 Å². The van der Waals surface area contributed by atoms with Crippen molar-refractivity contribution in [3.05, 3.63) is 56.5 Å². The SMILES string of the molecule is O=[N+]([O-])c1cc(/C=N/Nc2ccc(Br)cc2)c(N2CCOCC2)cc1N1CCOCC1. The Kier molecular flexibility index (Phi) is 7.00. The van der Waals surface area contributed by atoms with Crippen LogP contribution in [0.5, 0.6) is 0 Å². The lowest BCUT2D eigenvalue weighted by molar-refractivity contribution is -0.384. The Bertz CT molecular complexity index is 942. The molecule has 0 unspecified atom stereocenters. The quantitative estimate of drug-likeness (QED) is 0.377. The number of hydrogen-bond donors (Lipinski definition) is 1. The Morgan fingerprint density at radius 1 is 0.968 bits per heavy atom. The lowest BCUT2D eigenvalue weighted by atomic mass is 10.1. The number of anilines is 3. The standard InChI is InChI=1S/C21H24BrN5O4/c22-17-1-3-18(4-2-17)24-23-15-16-13-21(27(28)29)20(26-7-11-31-12-8-26)14-19(16)25-5-9-30-10-6-25/h1-4,13-15,24H,5-12H2/b23-15+. The van der Waals surface area contributed by atoms with Crippen LogP contribution in [0.4, 0.5) is 22.7 Å². The van der Waals surface area contributed by atoms with Crippen LogP contribution in [0.25, 0.3) is 0 Å². The van der Waals surface area contributed by atoms with Gasteiger partial charge in [-0.2, -0.15) is 5.10 Å². The molecule has 0 aromatic heterocycles. The fourth-order valence-corrected chi connectivity index (χ4v) is 3.93. The van der Waals surface area contributed by atoms with Gasteiger partial charge in [-0.15, -0.1) is 0 Å². The topological polar surface area (TPSA) is 92.5 Å². The van der Waals surface area contributed by atoms with Crippen molar-refractivity contribution in [2.45, 2.75) is 0 Å². The molecule has 10 heteroatoms. The lowest BCUT2D eigenvalue weighted by Crippen LogP contribution is -2.38. The van der Waals surface area contributed by atoms with Gasteiger partial charge in [-0.05, 0) is 30.3 Å². The summed E-state index contributed by atoms with van der Waals surface area (Å²) >= 11 is 3.41. The van der Waals surface area contributed by atoms with E-state index in [1.165, 1.54) is 0 Å². The molecule has 1 N–H and O–H groups in total. The molecule has 2 heterocycles. The number of nitro groups is 1. The first kappa shape index (κ1) is 21.5. The number of halogens is 1. The highest BCUT2D eigenvalue weighted by atomic mass is 79.9. The molecule has 164 valence electrons. The molecule has 0 bridgehead atoms. The van der Waals surface area contributed by atoms with Crippen LogP contribution in [0.2, 0.25) is 0 Å². The minimum absolute atomic E-state index is 0.0731. The summed E-state index contributed by atoms with van der Waals surface area (Å²) in [5.74, 6) is 0. The molecule has 0 saturated carbocycles. The van der Waals surface area contributed by atoms with Gasteiger partial charge in [0.05, 0.1) is 43.3 Å². The number of nitrogens with one attached hydrogen (secondary N) is 1. The number of benzene rings is 2. The van der Waals surface area contributed by atoms with Gasteiger partial charge in [0.1, 0.15) is 5.69 Å². The van der Waals surface area contributed by atoms with E-state index in [1.54, 1.807) is 12.3 Å². The van der Waals surface area contributed by atoms with Crippen molar-refractivity contribution in [1.29, 1.82) is 0 Å². The Hall–Kier alpha value is -2.69. The summed E-state index contributed by atoms with van der Waals surface area (Å²) in [4.78, 5) is 15.8. The first-order valence-corrected chi connectivity index (χ1v) is 10.9. The van der Waals surface area contributed by atoms with Crippen LogP contribution in [0, 0.1) is 10.1 Å². The Morgan fingerprint density at radius 2 is 1.55 bits per heavy atom. The van der Waals surface area contributed by atoms with Gasteiger partial charge in [0.2, 0.25) is 0 Å². The molecule has 2 aliphatic rings. The zero-order chi connectivity index (χ0) is 21.6. The first-order chi connectivity index (χ1) is 15.1. The van der Waals surface area contributed by atoms with Crippen LogP contribution in [0.15, 0.2) is 46.0 Å². The van der Waals surface area contributed by atoms with Crippen molar-refractivity contribution < 1.29 is 14.4 Å². The van der Waals surface area contributed by atoms with Gasteiger partial charge in [-0.25, -0.2) is 0 Å². The molecule has 0 amide bonds. The summed E-state index contributed by atoms with van der Waals surface area (Å²) in [6.45, 7) is 5.07. The number of ether oxygens (including phenoxy) is 2. The second-order valence-electron chi connectivity index (χ2n) is 7.23. The maximum Gasteiger partial charge on any atom is 0.293 e. The molecular weight excluding hydrogens is 466 g/mol. The van der Waals surface area contributed by atoms with E-state index in [0.29, 0.717) is 50.8 Å². The Balaban J connectivity index is 1.68. The van der Waals surface area contributed by atoms with Crippen LogP contribution < -0.4 is 15.2 Å². The third-order valence-corrected chi connectivity index (χ3v) is 5.79. The molecule has 4 rings (SSSR count). The average Bonchev–Trinajstić information content (AvgIpc) is 2.81. The smallest absolute Gasteiger partial charge is 0.293 e. The van der Waals surface area contributed by atoms with Crippen LogP contribution in [0.3, 0.4) is 0 Å². The predicted molar refractivity (Wildman–Crippen MR) is 125 cm³/mol. The summed E-state index contributed by atoms with van der Waals surface area (Å²) < 4.78 is 11.9. The van der Waals surface area contributed by atoms with E-state index in [-0.39, 0.29) is 10.6 Å². The minimum atomic E-state index is -0.326. The molecule has 9 nitrogen and oxygen atoms in total. The minimum Gasteiger partial charge on any atom is -0.378 e. The number of morpholine rings is 2. The highest BCUT2D eigenvalue weighted by Gasteiger charge is 2.26. The molecule has 2 aromatic carbocycles. The normalized spacial score (nSPS) is 17.2. The predicted octanol–water partition coefficient (Wildman–Crippen LogP) is 3.48. The summed E-state index contributed by atoms with van der Waals surface area (Å²) in [6, 6.07) is 11.2. The number of hydrazone groups is 1. The molecule has 2 saturated heterocycles. The highest BCUT2D eigenvalue weighted by Crippen LogP contribution is 2.36. The van der Waals surface area contributed by atoms with Gasteiger partial charge < -0.3 is 19.3 Å². The Labute approximate surface area is 188 Å². The number of rotatable bonds is 6. The van der Waals surface area contributed by atoms with Crippen molar-refractivity contribution in [2.75, 3.05) is 67.8 Å². The van der Waals surface area contributed by atoms with E-state index in [4.69, 9.17) is 9.47 Å². The van der Waals surface area contributed by atoms with Gasteiger partial charge in [0.25, 0.3) is 5.69 Å². The van der Waals surface area contributed by atoms with Gasteiger partial charge >= 0.3 is 0 Å². The van der Waals surface area contributed by atoms with Crippen LogP contribution in [-0.2, 0) is 9.47 Å². The molecule has 31 heavy (non-hydrogen) atoms. The second kappa shape index (κ2) is 10.1. The molecule has 2 fully saturated rings. The van der Waals surface area contributed by atoms with Crippen molar-refractivity contribution in [2.24, 2.45) is 5.10 Å². The van der Waals surface area contributed by atoms with Crippen LogP contribution >= 0.6 is 15.9 Å². The highest BCUT2D eigenvalue weighted by molar-refractivity contribution is 9.10. The molecule has 2 aliphatic heterocycles. The van der Waals surface area contributed by atoms with E-state index >= 15 is 0 Å². The zero-order valence-corrected chi connectivity index (χ0v) is 18.6. The van der Waals surface area contributed by atoms with E-state index in [2.05, 4.69) is 31.4 Å². The summed E-state index contributed by atoms with van der Waals surface area (Å²) in [6.07, 6.45) is 1.64. The zero-order valence-electron chi connectivity index (χ0n) is 17.0. The third kappa shape index (κ3) is 5.33. The van der Waals surface area contributed by atoms with E-state index in [9.17, 15) is 10.1 Å². The van der Waals surface area contributed by atoms with Gasteiger partial charge in [-0.1, -0.05) is 15.9 Å². The van der Waals surface area contributed by atoms with E-state index < -0.39 is 0 Å². The number of hydrogen-bond acceptors (Lipinski definition) is 8. The molecule has 0 atom stereocenters. The molecule has 0 spiro atoms. The van der Waals surface area contributed by atoms with Gasteiger partial charge in [0.15, 0.2) is 0 Å². The fraction of sp³-hybridized carbons (Fsp3) is 0.381. The van der Waals surface area contributed by atoms with Gasteiger partial charge in [-0.3, -0.25) is 15.5 Å². The largest absolute Gasteiger partial charge is 0.378 e. The summed E-state index contributed by atoms with van der Waals surface area (Å²) in [5.41, 5.74) is 6.11. The van der Waals surface area contributed by atoms with Crippen LogP contribution in [0.1, 0.15) is 5.56 Å². The Morgan fingerprint density at radius 3 is 2.13 bits per heavy atom. The molecule has 0 aliphatic carbocycles. The summed E-state index contributed by atoms with van der Waals surface area (Å²) in [5, 5.41) is 16.2. The third-order valence-electron chi connectivity index (χ3n) is 5.27. The summed E-state index contributed by atoms with van der Waals surface area (Å²) in [7, 11) is 0. The van der Waals surface area contributed by atoms with Crippen molar-refractivity contribution >= 4 is 44.9 Å². The van der Waals surface area contributed by atoms with Crippen molar-refractivity contribution in [1.82, 2.24) is 0 Å². The van der Waals surface area contributed by atoms with Crippen LogP contribution in [-0.4, -0.2) is 63.7 Å². The fourth-order valence-electron chi connectivity index (χ4n) is 3.67. The number of nitrogens with zero attached hydrogens (tertiary/aromatic N) is 4. The van der Waals surface area contributed by atoms with E-state index in [0.717, 1.165) is 28.9 Å². The lowest BCUT2D eigenvalue weighted by Gasteiger charge is -2.33. The maximum atomic E-state index is 11.9. The molecule has 2 aromatic rings. The van der Waals surface area contributed by atoms with Crippen molar-refractivity contribution in [3.8, 4) is 0 Å². The molecular formula is C21H24BrN5O4. The second-order valence-corrected chi connectivity index (χ2v) is 8.15. The average molecular weight is 490 g/mol. The van der Waals surface area contributed by atoms with Crippen molar-refractivity contribution in [3.63, 3.8) is 0 Å². The monoisotopic (exact) mass is 489 g/mol. The first-order valence-electron chi connectivity index (χ1n) is 10.1. The molecule has 0 radical (unpaired) electrons.